The van der Waals surface area contributed by atoms with Gasteiger partial charge in [0.1, 0.15) is 6.54 Å². The number of esters is 1. The number of amides is 1. The zero-order valence-corrected chi connectivity index (χ0v) is 14.8. The summed E-state index contributed by atoms with van der Waals surface area (Å²) in [7, 11) is 2.86. The van der Waals surface area contributed by atoms with Gasteiger partial charge in [0.2, 0.25) is 0 Å². The molecule has 0 atom stereocenters. The number of rotatable bonds is 4. The van der Waals surface area contributed by atoms with Gasteiger partial charge in [0.05, 0.1) is 6.33 Å². The first kappa shape index (κ1) is 17.9. The Morgan fingerprint density at radius 2 is 1.81 bits per heavy atom. The normalized spacial score (nSPS) is 14.6. The summed E-state index contributed by atoms with van der Waals surface area (Å²) in [5, 5.41) is 0. The van der Waals surface area contributed by atoms with E-state index in [0.29, 0.717) is 13.1 Å². The second kappa shape index (κ2) is 7.14. The molecule has 0 unspecified atom stereocenters. The van der Waals surface area contributed by atoms with Gasteiger partial charge in [-0.1, -0.05) is 0 Å². The van der Waals surface area contributed by atoms with Crippen LogP contribution in [0.25, 0.3) is 11.2 Å². The number of imidazole rings is 1. The van der Waals surface area contributed by atoms with Crippen molar-refractivity contribution >= 4 is 23.0 Å². The summed E-state index contributed by atoms with van der Waals surface area (Å²) >= 11 is 0. The van der Waals surface area contributed by atoms with Crippen molar-refractivity contribution in [2.45, 2.75) is 25.8 Å². The van der Waals surface area contributed by atoms with E-state index in [-0.39, 0.29) is 30.2 Å². The van der Waals surface area contributed by atoms with Crippen LogP contribution in [-0.4, -0.2) is 55.2 Å². The van der Waals surface area contributed by atoms with Crippen LogP contribution in [0.3, 0.4) is 0 Å². The summed E-state index contributed by atoms with van der Waals surface area (Å²) in [6.45, 7) is 0.790. The summed E-state index contributed by atoms with van der Waals surface area (Å²) in [6, 6.07) is 0. The molecule has 0 aliphatic carbocycles. The molecule has 140 valence electrons. The van der Waals surface area contributed by atoms with E-state index in [1.54, 1.807) is 4.90 Å². The SMILES string of the molecule is Cn1c(=O)c2c(ncn2CC(=O)OCC(=O)N2CCCCC2)n(C)c1=O. The maximum atomic E-state index is 12.3. The lowest BCUT2D eigenvalue weighted by molar-refractivity contribution is -0.152. The lowest BCUT2D eigenvalue weighted by atomic mass is 10.1. The van der Waals surface area contributed by atoms with E-state index in [4.69, 9.17) is 4.74 Å². The van der Waals surface area contributed by atoms with E-state index >= 15 is 0 Å². The van der Waals surface area contributed by atoms with Gasteiger partial charge in [-0.2, -0.15) is 0 Å². The van der Waals surface area contributed by atoms with Crippen molar-refractivity contribution in [3.8, 4) is 0 Å². The fourth-order valence-electron chi connectivity index (χ4n) is 3.08. The third-order valence-electron chi connectivity index (χ3n) is 4.58. The summed E-state index contributed by atoms with van der Waals surface area (Å²) in [5.74, 6) is -0.864. The predicted octanol–water partition coefficient (Wildman–Crippen LogP) is -1.01. The number of hydrogen-bond acceptors (Lipinski definition) is 6. The molecule has 26 heavy (non-hydrogen) atoms. The number of aromatic nitrogens is 4. The number of hydrogen-bond donors (Lipinski definition) is 0. The van der Waals surface area contributed by atoms with E-state index in [1.807, 2.05) is 0 Å². The van der Waals surface area contributed by atoms with Gasteiger partial charge in [-0.3, -0.25) is 23.5 Å². The summed E-state index contributed by atoms with van der Waals surface area (Å²) in [5.41, 5.74) is -0.718. The fourth-order valence-corrected chi connectivity index (χ4v) is 3.08. The number of fused-ring (bicyclic) bond motifs is 1. The Hall–Kier alpha value is -2.91. The van der Waals surface area contributed by atoms with Gasteiger partial charge in [0, 0.05) is 27.2 Å². The molecule has 0 spiro atoms. The largest absolute Gasteiger partial charge is 0.454 e. The Balaban J connectivity index is 1.71. The highest BCUT2D eigenvalue weighted by atomic mass is 16.5. The van der Waals surface area contributed by atoms with E-state index in [1.165, 1.54) is 29.6 Å². The van der Waals surface area contributed by atoms with Gasteiger partial charge >= 0.3 is 11.7 Å². The average molecular weight is 363 g/mol. The van der Waals surface area contributed by atoms with Crippen LogP contribution >= 0.6 is 0 Å². The lowest BCUT2D eigenvalue weighted by Crippen LogP contribution is -2.39. The lowest BCUT2D eigenvalue weighted by Gasteiger charge is -2.26. The second-order valence-corrected chi connectivity index (χ2v) is 6.35. The average Bonchev–Trinajstić information content (AvgIpc) is 3.07. The topological polar surface area (TPSA) is 108 Å². The molecule has 1 aliphatic heterocycles. The molecule has 1 amide bonds. The number of piperidine rings is 1. The molecule has 10 heteroatoms. The molecular weight excluding hydrogens is 342 g/mol. The van der Waals surface area contributed by atoms with Gasteiger partial charge in [0.25, 0.3) is 11.5 Å². The number of aryl methyl sites for hydroxylation is 1. The van der Waals surface area contributed by atoms with Gasteiger partial charge < -0.3 is 14.2 Å². The third-order valence-corrected chi connectivity index (χ3v) is 4.58. The van der Waals surface area contributed by atoms with Crippen LogP contribution in [0.15, 0.2) is 15.9 Å². The quantitative estimate of drug-likeness (QED) is 0.644. The van der Waals surface area contributed by atoms with Gasteiger partial charge in [-0.15, -0.1) is 0 Å². The molecule has 0 saturated carbocycles. The minimum Gasteiger partial charge on any atom is -0.454 e. The molecule has 0 aromatic carbocycles. The first-order valence-corrected chi connectivity index (χ1v) is 8.44. The molecule has 1 aliphatic rings. The number of carbonyl (C=O) groups excluding carboxylic acids is 2. The van der Waals surface area contributed by atoms with Crippen LogP contribution in [-0.2, 0) is 35.0 Å². The van der Waals surface area contributed by atoms with Crippen LogP contribution in [0.2, 0.25) is 0 Å². The van der Waals surface area contributed by atoms with Crippen molar-refractivity contribution in [2.75, 3.05) is 19.7 Å². The zero-order chi connectivity index (χ0) is 18.8. The molecule has 0 N–H and O–H groups in total. The van der Waals surface area contributed by atoms with Crippen molar-refractivity contribution in [1.29, 1.82) is 0 Å². The Bertz CT molecular complexity index is 964. The van der Waals surface area contributed by atoms with Crippen LogP contribution < -0.4 is 11.2 Å². The highest BCUT2D eigenvalue weighted by molar-refractivity contribution is 5.81. The van der Waals surface area contributed by atoms with E-state index in [9.17, 15) is 19.2 Å². The summed E-state index contributed by atoms with van der Waals surface area (Å²) in [6.07, 6.45) is 4.33. The van der Waals surface area contributed by atoms with Crippen molar-refractivity contribution < 1.29 is 14.3 Å². The first-order valence-electron chi connectivity index (χ1n) is 8.44. The number of ether oxygens (including phenoxy) is 1. The maximum absolute atomic E-state index is 12.3. The second-order valence-electron chi connectivity index (χ2n) is 6.35. The van der Waals surface area contributed by atoms with Crippen molar-refractivity contribution in [3.63, 3.8) is 0 Å². The number of nitrogens with zero attached hydrogens (tertiary/aromatic N) is 5. The van der Waals surface area contributed by atoms with Crippen LogP contribution in [0, 0.1) is 0 Å². The third kappa shape index (κ3) is 3.26. The molecule has 3 rings (SSSR count). The molecule has 0 radical (unpaired) electrons. The Morgan fingerprint density at radius 1 is 1.12 bits per heavy atom. The van der Waals surface area contributed by atoms with Gasteiger partial charge in [-0.25, -0.2) is 9.78 Å². The van der Waals surface area contributed by atoms with E-state index < -0.39 is 17.2 Å². The smallest absolute Gasteiger partial charge is 0.332 e. The molecular formula is C16H21N5O5. The summed E-state index contributed by atoms with van der Waals surface area (Å²) in [4.78, 5) is 54.0. The van der Waals surface area contributed by atoms with Crippen LogP contribution in [0.5, 0.6) is 0 Å². The van der Waals surface area contributed by atoms with Crippen molar-refractivity contribution in [2.24, 2.45) is 14.1 Å². The van der Waals surface area contributed by atoms with E-state index in [0.717, 1.165) is 23.8 Å². The first-order chi connectivity index (χ1) is 12.4. The monoisotopic (exact) mass is 363 g/mol. The van der Waals surface area contributed by atoms with Crippen LogP contribution in [0.4, 0.5) is 0 Å². The van der Waals surface area contributed by atoms with Crippen molar-refractivity contribution in [3.05, 3.63) is 27.2 Å². The summed E-state index contributed by atoms with van der Waals surface area (Å²) < 4.78 is 8.56. The Labute approximate surface area is 148 Å². The molecule has 2 aromatic heterocycles. The molecule has 0 bridgehead atoms. The Morgan fingerprint density at radius 3 is 2.50 bits per heavy atom. The van der Waals surface area contributed by atoms with E-state index in [2.05, 4.69) is 4.98 Å². The predicted molar refractivity (Wildman–Crippen MR) is 91.6 cm³/mol. The molecule has 1 saturated heterocycles. The molecule has 1 fully saturated rings. The van der Waals surface area contributed by atoms with Crippen molar-refractivity contribution in [1.82, 2.24) is 23.6 Å². The van der Waals surface area contributed by atoms with Gasteiger partial charge in [-0.05, 0) is 19.3 Å². The Kier molecular flexibility index (Phi) is 4.92. The molecule has 3 heterocycles. The highest BCUT2D eigenvalue weighted by Gasteiger charge is 2.19. The zero-order valence-electron chi connectivity index (χ0n) is 14.8. The maximum Gasteiger partial charge on any atom is 0.332 e. The fraction of sp³-hybridized carbons (Fsp3) is 0.562. The minimum atomic E-state index is -0.648. The molecule has 10 nitrogen and oxygen atoms in total. The number of carbonyl (C=O) groups is 2. The van der Waals surface area contributed by atoms with Crippen LogP contribution in [0.1, 0.15) is 19.3 Å². The minimum absolute atomic E-state index is 0.133. The molecule has 2 aromatic rings. The highest BCUT2D eigenvalue weighted by Crippen LogP contribution is 2.09. The van der Waals surface area contributed by atoms with Gasteiger partial charge in [0.15, 0.2) is 17.8 Å². The standard InChI is InChI=1S/C16H21N5O5/c1-18-14-13(15(24)19(2)16(18)25)21(10-17-14)8-12(23)26-9-11(22)20-6-4-3-5-7-20/h10H,3-9H2,1-2H3. The number of likely N-dealkylation sites (tertiary alicyclic amines) is 1.